The van der Waals surface area contributed by atoms with Crippen LogP contribution in [0.4, 0.5) is 8.78 Å². The smallest absolute Gasteiger partial charge is 0.200 e. The van der Waals surface area contributed by atoms with E-state index in [-0.39, 0.29) is 22.5 Å². The lowest BCUT2D eigenvalue weighted by molar-refractivity contribution is 0.105. The van der Waals surface area contributed by atoms with E-state index in [0.29, 0.717) is 17.2 Å². The van der Waals surface area contributed by atoms with Crippen LogP contribution in [0.2, 0.25) is 0 Å². The molecule has 0 unspecified atom stereocenters. The number of Topliss-reactive ketones (excluding diaryl/α,β-unsaturated/α-hetero) is 1. The van der Waals surface area contributed by atoms with E-state index in [1.807, 2.05) is 0 Å². The van der Waals surface area contributed by atoms with Crippen molar-refractivity contribution in [2.45, 2.75) is 0 Å². The molecule has 0 bridgehead atoms. The van der Waals surface area contributed by atoms with E-state index in [4.69, 9.17) is 0 Å². The number of aliphatic hydroxyl groups excluding tert-OH is 1. The van der Waals surface area contributed by atoms with E-state index in [2.05, 4.69) is 15.0 Å². The van der Waals surface area contributed by atoms with Crippen LogP contribution in [0, 0.1) is 11.6 Å². The first-order chi connectivity index (χ1) is 13.5. The second-order valence-electron chi connectivity index (χ2n) is 6.04. The number of allylic oxidation sites excluding steroid dienone is 1. The molecule has 0 radical (unpaired) electrons. The number of halogens is 2. The third-order valence-electron chi connectivity index (χ3n) is 4.13. The number of hydrogen-bond donors (Lipinski definition) is 2. The number of fused-ring (bicyclic) bond motifs is 1. The fourth-order valence-electron chi connectivity index (χ4n) is 2.86. The molecule has 7 heteroatoms. The van der Waals surface area contributed by atoms with Crippen molar-refractivity contribution in [3.8, 4) is 0 Å². The Bertz CT molecular complexity index is 1160. The summed E-state index contributed by atoms with van der Waals surface area (Å²) in [7, 11) is 0. The number of carbonyl (C=O) groups is 1. The van der Waals surface area contributed by atoms with E-state index in [1.54, 1.807) is 42.5 Å². The molecule has 2 heterocycles. The topological polar surface area (TPSA) is 78.9 Å². The average molecular weight is 377 g/mol. The Kier molecular flexibility index (Phi) is 4.41. The average Bonchev–Trinajstić information content (AvgIpc) is 3.11. The summed E-state index contributed by atoms with van der Waals surface area (Å²) < 4.78 is 27.3. The van der Waals surface area contributed by atoms with Gasteiger partial charge in [-0.15, -0.1) is 0 Å². The minimum absolute atomic E-state index is 0.0460. The molecule has 0 saturated heterocycles. The maximum atomic E-state index is 13.7. The Hall–Kier alpha value is -3.87. The number of benzene rings is 2. The number of rotatable bonds is 4. The molecule has 0 aliphatic carbocycles. The fraction of sp³-hybridized carbons (Fsp3) is 0. The van der Waals surface area contributed by atoms with Crippen LogP contribution in [0.1, 0.15) is 21.7 Å². The van der Waals surface area contributed by atoms with Crippen LogP contribution in [0.15, 0.2) is 66.9 Å². The predicted octanol–water partition coefficient (Wildman–Crippen LogP) is 4.55. The normalized spacial score (nSPS) is 12.1. The fourth-order valence-corrected chi connectivity index (χ4v) is 2.86. The minimum atomic E-state index is -0.876. The largest absolute Gasteiger partial charge is 0.506 e. The monoisotopic (exact) mass is 377 g/mol. The molecule has 0 atom stereocenters. The van der Waals surface area contributed by atoms with Crippen molar-refractivity contribution in [2.24, 2.45) is 0 Å². The van der Waals surface area contributed by atoms with E-state index >= 15 is 0 Å². The molecule has 0 fully saturated rings. The maximum absolute atomic E-state index is 13.7. The lowest BCUT2D eigenvalue weighted by atomic mass is 9.98. The number of imidazole rings is 1. The van der Waals surface area contributed by atoms with Gasteiger partial charge in [-0.05, 0) is 24.3 Å². The molecule has 4 aromatic rings. The first-order valence-corrected chi connectivity index (χ1v) is 8.33. The highest BCUT2D eigenvalue weighted by Gasteiger charge is 2.24. The van der Waals surface area contributed by atoms with Gasteiger partial charge in [0.25, 0.3) is 0 Å². The van der Waals surface area contributed by atoms with Gasteiger partial charge in [-0.25, -0.2) is 18.7 Å². The van der Waals surface area contributed by atoms with Crippen molar-refractivity contribution in [3.63, 3.8) is 0 Å². The lowest BCUT2D eigenvalue weighted by Gasteiger charge is -2.09. The van der Waals surface area contributed by atoms with Crippen molar-refractivity contribution in [1.82, 2.24) is 15.0 Å². The van der Waals surface area contributed by atoms with Gasteiger partial charge < -0.3 is 10.1 Å². The maximum Gasteiger partial charge on any atom is 0.200 e. The van der Waals surface area contributed by atoms with Crippen LogP contribution in [0.25, 0.3) is 22.5 Å². The molecular formula is C21H13F2N3O2. The number of H-pyrrole nitrogens is 1. The van der Waals surface area contributed by atoms with Gasteiger partial charge >= 0.3 is 0 Å². The molecule has 2 N–H and O–H groups in total. The van der Waals surface area contributed by atoms with Crippen molar-refractivity contribution >= 4 is 28.3 Å². The standard InChI is InChI=1S/C21H13F2N3O2/c22-14-9-13(10-15(23)11-14)19(28)17(18(27)12-5-2-1-3-6-12)21-25-16-7-4-8-24-20(16)26-21/h1-11,28H,(H,24,25,26). The molecule has 5 nitrogen and oxygen atoms in total. The quantitative estimate of drug-likeness (QED) is 0.311. The summed E-state index contributed by atoms with van der Waals surface area (Å²) in [6, 6.07) is 14.2. The zero-order chi connectivity index (χ0) is 19.7. The molecule has 0 amide bonds. The molecule has 2 aromatic heterocycles. The molecule has 0 spiro atoms. The van der Waals surface area contributed by atoms with Crippen LogP contribution in [0.3, 0.4) is 0 Å². The van der Waals surface area contributed by atoms with Crippen molar-refractivity contribution < 1.29 is 18.7 Å². The van der Waals surface area contributed by atoms with Crippen LogP contribution in [-0.4, -0.2) is 25.8 Å². The Morgan fingerprint density at radius 2 is 1.64 bits per heavy atom. The summed E-state index contributed by atoms with van der Waals surface area (Å²) >= 11 is 0. The SMILES string of the molecule is O=C(C(=C(O)c1cc(F)cc(F)c1)c1nc2ncccc2[nH]1)c1ccccc1. The number of aromatic amines is 1. The summed E-state index contributed by atoms with van der Waals surface area (Å²) in [5.74, 6) is -2.85. The van der Waals surface area contributed by atoms with Gasteiger partial charge in [-0.1, -0.05) is 30.3 Å². The number of aromatic nitrogens is 3. The van der Waals surface area contributed by atoms with Gasteiger partial charge in [0.2, 0.25) is 5.78 Å². The molecule has 28 heavy (non-hydrogen) atoms. The first kappa shape index (κ1) is 17.5. The van der Waals surface area contributed by atoms with Gasteiger partial charge in [0.1, 0.15) is 28.8 Å². The summed E-state index contributed by atoms with van der Waals surface area (Å²) in [6.45, 7) is 0. The van der Waals surface area contributed by atoms with Crippen LogP contribution in [-0.2, 0) is 0 Å². The lowest BCUT2D eigenvalue weighted by Crippen LogP contribution is -2.07. The summed E-state index contributed by atoms with van der Waals surface area (Å²) in [5.41, 5.74) is 0.789. The zero-order valence-electron chi connectivity index (χ0n) is 14.4. The second-order valence-corrected chi connectivity index (χ2v) is 6.04. The van der Waals surface area contributed by atoms with Crippen LogP contribution >= 0.6 is 0 Å². The van der Waals surface area contributed by atoms with Crippen molar-refractivity contribution in [3.05, 3.63) is 95.4 Å². The Morgan fingerprint density at radius 1 is 0.929 bits per heavy atom. The highest BCUT2D eigenvalue weighted by Crippen LogP contribution is 2.28. The number of aliphatic hydroxyl groups is 1. The molecule has 4 rings (SSSR count). The summed E-state index contributed by atoms with van der Waals surface area (Å²) in [4.78, 5) is 24.4. The van der Waals surface area contributed by atoms with Crippen LogP contribution in [0.5, 0.6) is 0 Å². The van der Waals surface area contributed by atoms with Gasteiger partial charge in [-0.3, -0.25) is 4.79 Å². The Morgan fingerprint density at radius 3 is 2.32 bits per heavy atom. The molecular weight excluding hydrogens is 364 g/mol. The number of hydrogen-bond acceptors (Lipinski definition) is 4. The van der Waals surface area contributed by atoms with E-state index in [0.717, 1.165) is 12.1 Å². The predicted molar refractivity (Wildman–Crippen MR) is 100 cm³/mol. The van der Waals surface area contributed by atoms with E-state index in [9.17, 15) is 18.7 Å². The number of nitrogens with zero attached hydrogens (tertiary/aromatic N) is 2. The third kappa shape index (κ3) is 3.25. The van der Waals surface area contributed by atoms with Gasteiger partial charge in [0.15, 0.2) is 5.65 Å². The van der Waals surface area contributed by atoms with Gasteiger partial charge in [0, 0.05) is 23.4 Å². The molecule has 0 saturated carbocycles. The number of nitrogens with one attached hydrogen (secondary N) is 1. The summed E-state index contributed by atoms with van der Waals surface area (Å²) in [5, 5.41) is 10.8. The zero-order valence-corrected chi connectivity index (χ0v) is 14.4. The summed E-state index contributed by atoms with van der Waals surface area (Å²) in [6.07, 6.45) is 1.54. The highest BCUT2D eigenvalue weighted by molar-refractivity contribution is 6.33. The Labute approximate surface area is 158 Å². The molecule has 0 aliphatic heterocycles. The minimum Gasteiger partial charge on any atom is -0.506 e. The second kappa shape index (κ2) is 7.03. The van der Waals surface area contributed by atoms with Crippen molar-refractivity contribution in [1.29, 1.82) is 0 Å². The van der Waals surface area contributed by atoms with Gasteiger partial charge in [-0.2, -0.15) is 0 Å². The van der Waals surface area contributed by atoms with Crippen molar-refractivity contribution in [2.75, 3.05) is 0 Å². The molecule has 138 valence electrons. The van der Waals surface area contributed by atoms with E-state index in [1.165, 1.54) is 6.20 Å². The molecule has 2 aromatic carbocycles. The highest BCUT2D eigenvalue weighted by atomic mass is 19.1. The van der Waals surface area contributed by atoms with Crippen LogP contribution < -0.4 is 0 Å². The van der Waals surface area contributed by atoms with Gasteiger partial charge in [0.05, 0.1) is 5.52 Å². The third-order valence-corrected chi connectivity index (χ3v) is 4.13. The van der Waals surface area contributed by atoms with E-state index < -0.39 is 23.2 Å². The number of ketones is 1. The first-order valence-electron chi connectivity index (χ1n) is 8.33. The Balaban J connectivity index is 1.96. The number of carbonyl (C=O) groups excluding carboxylic acids is 1. The molecule has 0 aliphatic rings. The number of pyridine rings is 1.